The molecule has 0 saturated heterocycles. The summed E-state index contributed by atoms with van der Waals surface area (Å²) in [5, 5.41) is 0. The van der Waals surface area contributed by atoms with E-state index in [1.165, 1.54) is 34.4 Å². The number of rotatable bonds is 9. The Hall–Kier alpha value is -3.47. The summed E-state index contributed by atoms with van der Waals surface area (Å²) >= 11 is 0. The van der Waals surface area contributed by atoms with Crippen LogP contribution in [0.4, 0.5) is 8.78 Å². The fraction of sp³-hybridized carbons (Fsp3) is 0.323. The van der Waals surface area contributed by atoms with Gasteiger partial charge >= 0.3 is 5.97 Å². The SMILES string of the molecule is C=CCCc1ccc(-c2ccc(C3CCC(OC(=O)c4ccc(OCC)c(F)c4F)CC3)cc2)cc1. The summed E-state index contributed by atoms with van der Waals surface area (Å²) in [5.74, 6) is -3.06. The minimum atomic E-state index is -1.23. The molecule has 0 radical (unpaired) electrons. The van der Waals surface area contributed by atoms with Crippen molar-refractivity contribution in [2.24, 2.45) is 0 Å². The Morgan fingerprint density at radius 3 is 2.17 bits per heavy atom. The number of ether oxygens (including phenoxy) is 2. The minimum Gasteiger partial charge on any atom is -0.491 e. The van der Waals surface area contributed by atoms with E-state index in [0.29, 0.717) is 18.8 Å². The Morgan fingerprint density at radius 2 is 1.56 bits per heavy atom. The molecule has 0 aliphatic heterocycles. The molecule has 3 nitrogen and oxygen atoms in total. The monoisotopic (exact) mass is 490 g/mol. The zero-order chi connectivity index (χ0) is 25.5. The van der Waals surface area contributed by atoms with Crippen LogP contribution in [0.1, 0.15) is 66.4 Å². The maximum absolute atomic E-state index is 14.3. The maximum Gasteiger partial charge on any atom is 0.341 e. The molecule has 1 aliphatic carbocycles. The average molecular weight is 491 g/mol. The first-order valence-electron chi connectivity index (χ1n) is 12.6. The highest BCUT2D eigenvalue weighted by atomic mass is 19.2. The molecule has 4 rings (SSSR count). The van der Waals surface area contributed by atoms with Crippen LogP contribution in [-0.2, 0) is 11.2 Å². The molecule has 1 fully saturated rings. The third kappa shape index (κ3) is 6.01. The lowest BCUT2D eigenvalue weighted by atomic mass is 9.82. The fourth-order valence-corrected chi connectivity index (χ4v) is 4.77. The van der Waals surface area contributed by atoms with Crippen molar-refractivity contribution < 1.29 is 23.0 Å². The van der Waals surface area contributed by atoms with Crippen LogP contribution in [0, 0.1) is 11.6 Å². The van der Waals surface area contributed by atoms with Gasteiger partial charge in [0.25, 0.3) is 0 Å². The third-order valence-electron chi connectivity index (χ3n) is 6.82. The summed E-state index contributed by atoms with van der Waals surface area (Å²) < 4.78 is 39.0. The summed E-state index contributed by atoms with van der Waals surface area (Å²) in [6.45, 7) is 5.66. The average Bonchev–Trinajstić information content (AvgIpc) is 2.91. The van der Waals surface area contributed by atoms with E-state index in [4.69, 9.17) is 9.47 Å². The second-order valence-corrected chi connectivity index (χ2v) is 9.20. The van der Waals surface area contributed by atoms with Gasteiger partial charge < -0.3 is 9.47 Å². The van der Waals surface area contributed by atoms with Crippen molar-refractivity contribution in [3.8, 4) is 16.9 Å². The van der Waals surface area contributed by atoms with E-state index in [1.807, 2.05) is 6.08 Å². The minimum absolute atomic E-state index is 0.204. The van der Waals surface area contributed by atoms with Crippen molar-refractivity contribution in [3.63, 3.8) is 0 Å². The van der Waals surface area contributed by atoms with Gasteiger partial charge in [0.05, 0.1) is 12.2 Å². The zero-order valence-corrected chi connectivity index (χ0v) is 20.6. The van der Waals surface area contributed by atoms with Crippen LogP contribution < -0.4 is 4.74 Å². The molecule has 36 heavy (non-hydrogen) atoms. The van der Waals surface area contributed by atoms with Crippen molar-refractivity contribution in [2.75, 3.05) is 6.61 Å². The maximum atomic E-state index is 14.3. The lowest BCUT2D eigenvalue weighted by molar-refractivity contribution is 0.0189. The van der Waals surface area contributed by atoms with Crippen LogP contribution in [0.3, 0.4) is 0 Å². The predicted octanol–water partition coefficient (Wildman–Crippen LogP) is 8.03. The van der Waals surface area contributed by atoms with E-state index in [-0.39, 0.29) is 18.5 Å². The molecule has 3 aromatic carbocycles. The van der Waals surface area contributed by atoms with Crippen molar-refractivity contribution in [1.29, 1.82) is 0 Å². The third-order valence-corrected chi connectivity index (χ3v) is 6.82. The van der Waals surface area contributed by atoms with Gasteiger partial charge in [-0.15, -0.1) is 6.58 Å². The Kier molecular flexibility index (Phi) is 8.52. The van der Waals surface area contributed by atoms with Crippen LogP contribution in [0.25, 0.3) is 11.1 Å². The summed E-state index contributed by atoms with van der Waals surface area (Å²) in [5.41, 5.74) is 4.55. The second kappa shape index (κ2) is 12.0. The highest BCUT2D eigenvalue weighted by molar-refractivity contribution is 5.90. The number of halogens is 2. The molecule has 0 heterocycles. The van der Waals surface area contributed by atoms with Gasteiger partial charge in [0, 0.05) is 0 Å². The normalized spacial score (nSPS) is 17.4. The van der Waals surface area contributed by atoms with E-state index in [9.17, 15) is 13.6 Å². The van der Waals surface area contributed by atoms with E-state index >= 15 is 0 Å². The number of aryl methyl sites for hydroxylation is 1. The van der Waals surface area contributed by atoms with Gasteiger partial charge in [-0.05, 0) is 85.8 Å². The van der Waals surface area contributed by atoms with Gasteiger partial charge in [-0.3, -0.25) is 0 Å². The topological polar surface area (TPSA) is 35.5 Å². The highest BCUT2D eigenvalue weighted by Gasteiger charge is 2.27. The fourth-order valence-electron chi connectivity index (χ4n) is 4.77. The standard InChI is InChI=1S/C31H32F2O3/c1-3-5-6-21-7-9-22(10-8-21)23-11-13-24(14-12-23)25-15-17-26(18-16-25)36-31(34)27-19-20-28(35-4-2)30(33)29(27)32/h3,7-14,19-20,25-26H,1,4-6,15-18H2,2H3. The summed E-state index contributed by atoms with van der Waals surface area (Å²) in [4.78, 5) is 12.5. The number of hydrogen-bond donors (Lipinski definition) is 0. The Balaban J connectivity index is 1.31. The van der Waals surface area contributed by atoms with Crippen molar-refractivity contribution in [2.45, 2.75) is 57.5 Å². The lowest BCUT2D eigenvalue weighted by Gasteiger charge is -2.28. The first-order valence-corrected chi connectivity index (χ1v) is 12.6. The largest absolute Gasteiger partial charge is 0.491 e. The molecule has 1 saturated carbocycles. The Bertz CT molecular complexity index is 1180. The molecule has 0 atom stereocenters. The molecule has 1 aliphatic rings. The number of allylic oxidation sites excluding steroid dienone is 1. The molecular weight excluding hydrogens is 458 g/mol. The van der Waals surface area contributed by atoms with Crippen molar-refractivity contribution >= 4 is 5.97 Å². The molecule has 0 spiro atoms. The highest BCUT2D eigenvalue weighted by Crippen LogP contribution is 2.35. The first kappa shape index (κ1) is 25.6. The Morgan fingerprint density at radius 1 is 0.917 bits per heavy atom. The second-order valence-electron chi connectivity index (χ2n) is 9.20. The number of carbonyl (C=O) groups is 1. The smallest absolute Gasteiger partial charge is 0.341 e. The van der Waals surface area contributed by atoms with Crippen molar-refractivity contribution in [1.82, 2.24) is 0 Å². The van der Waals surface area contributed by atoms with Crippen LogP contribution >= 0.6 is 0 Å². The van der Waals surface area contributed by atoms with Gasteiger partial charge in [0.2, 0.25) is 5.82 Å². The van der Waals surface area contributed by atoms with Crippen LogP contribution in [0.2, 0.25) is 0 Å². The number of carbonyl (C=O) groups excluding carboxylic acids is 1. The predicted molar refractivity (Wildman–Crippen MR) is 138 cm³/mol. The number of esters is 1. The zero-order valence-electron chi connectivity index (χ0n) is 20.6. The number of hydrogen-bond acceptors (Lipinski definition) is 3. The molecular formula is C31H32F2O3. The molecule has 0 aromatic heterocycles. The van der Waals surface area contributed by atoms with Gasteiger partial charge in [0.1, 0.15) is 6.10 Å². The summed E-state index contributed by atoms with van der Waals surface area (Å²) in [6.07, 6.45) is 6.73. The molecule has 0 unspecified atom stereocenters. The van der Waals surface area contributed by atoms with Gasteiger partial charge in [-0.1, -0.05) is 54.6 Å². The Labute approximate surface area is 211 Å². The lowest BCUT2D eigenvalue weighted by Crippen LogP contribution is -2.24. The summed E-state index contributed by atoms with van der Waals surface area (Å²) in [7, 11) is 0. The van der Waals surface area contributed by atoms with Crippen LogP contribution in [-0.4, -0.2) is 18.7 Å². The van der Waals surface area contributed by atoms with E-state index in [2.05, 4.69) is 55.1 Å². The van der Waals surface area contributed by atoms with E-state index < -0.39 is 23.2 Å². The molecule has 188 valence electrons. The van der Waals surface area contributed by atoms with E-state index in [0.717, 1.165) is 25.7 Å². The van der Waals surface area contributed by atoms with Gasteiger partial charge in [-0.2, -0.15) is 4.39 Å². The molecule has 0 N–H and O–H groups in total. The van der Waals surface area contributed by atoms with Gasteiger partial charge in [-0.25, -0.2) is 9.18 Å². The van der Waals surface area contributed by atoms with Gasteiger partial charge in [0.15, 0.2) is 11.6 Å². The van der Waals surface area contributed by atoms with Crippen molar-refractivity contribution in [3.05, 3.63) is 102 Å². The molecule has 0 bridgehead atoms. The first-order chi connectivity index (χ1) is 17.5. The van der Waals surface area contributed by atoms with E-state index in [1.54, 1.807) is 6.92 Å². The molecule has 5 heteroatoms. The van der Waals surface area contributed by atoms with Crippen LogP contribution in [0.15, 0.2) is 73.3 Å². The van der Waals surface area contributed by atoms with Crippen LogP contribution in [0.5, 0.6) is 5.75 Å². The molecule has 3 aromatic rings. The number of benzene rings is 3. The quantitative estimate of drug-likeness (QED) is 0.225. The summed E-state index contributed by atoms with van der Waals surface area (Å²) in [6, 6.07) is 19.8. The molecule has 0 amide bonds.